The van der Waals surface area contributed by atoms with Crippen LogP contribution in [0.1, 0.15) is 0 Å². The number of carbonyl (C=O) groups excluding carboxylic acids is 2. The summed E-state index contributed by atoms with van der Waals surface area (Å²) in [7, 11) is -2.08. The van der Waals surface area contributed by atoms with Crippen molar-refractivity contribution in [2.75, 3.05) is 0 Å². The predicted octanol–water partition coefficient (Wildman–Crippen LogP) is 0.762. The average molecular weight is 172 g/mol. The van der Waals surface area contributed by atoms with Gasteiger partial charge < -0.3 is 8.37 Å². The first-order chi connectivity index (χ1) is 5.22. The highest BCUT2D eigenvalue weighted by Crippen LogP contribution is 2.59. The molecular weight excluding hydrogens is 168 g/mol. The van der Waals surface area contributed by atoms with Gasteiger partial charge in [-0.15, -0.1) is 0 Å². The zero-order chi connectivity index (χ0) is 7.90. The second-order valence-electron chi connectivity index (χ2n) is 1.99. The number of rotatable bonds is 0. The van der Waals surface area contributed by atoms with Crippen LogP contribution < -0.4 is 0 Å². The molecule has 0 amide bonds. The monoisotopic (exact) mass is 172 g/mol. The highest BCUT2D eigenvalue weighted by atomic mass is 32.3. The molecule has 0 N–H and O–H groups in total. The van der Waals surface area contributed by atoms with Gasteiger partial charge in [0.15, 0.2) is 0 Å². The number of carbonyl (C=O) groups is 2. The van der Waals surface area contributed by atoms with Gasteiger partial charge in [0.25, 0.3) is 0 Å². The Labute approximate surface area is 64.2 Å². The lowest BCUT2D eigenvalue weighted by Crippen LogP contribution is -2.05. The van der Waals surface area contributed by atoms with Crippen molar-refractivity contribution < 1.29 is 18.0 Å². The van der Waals surface area contributed by atoms with Crippen molar-refractivity contribution in [3.63, 3.8) is 0 Å². The van der Waals surface area contributed by atoms with Crippen molar-refractivity contribution in [1.29, 1.82) is 0 Å². The third-order valence-corrected chi connectivity index (χ3v) is 3.12. The lowest BCUT2D eigenvalue weighted by atomic mass is 10.6. The van der Waals surface area contributed by atoms with Gasteiger partial charge in [-0.2, -0.15) is 0 Å². The van der Waals surface area contributed by atoms with Crippen LogP contribution in [0.15, 0.2) is 23.0 Å². The summed E-state index contributed by atoms with van der Waals surface area (Å²) in [5, 5.41) is 3.16. The summed E-state index contributed by atoms with van der Waals surface area (Å²) in [4.78, 5) is 21.2. The van der Waals surface area contributed by atoms with Gasteiger partial charge >= 0.3 is 11.9 Å². The molecule has 1 spiro atoms. The van der Waals surface area contributed by atoms with Crippen molar-refractivity contribution in [2.24, 2.45) is 0 Å². The summed E-state index contributed by atoms with van der Waals surface area (Å²) in [6.07, 6.45) is 3.36. The van der Waals surface area contributed by atoms with E-state index in [0.29, 0.717) is 0 Å². The zero-order valence-corrected chi connectivity index (χ0v) is 6.17. The first kappa shape index (κ1) is 6.48. The van der Waals surface area contributed by atoms with Crippen molar-refractivity contribution in [1.82, 2.24) is 0 Å². The molecule has 2 aliphatic heterocycles. The van der Waals surface area contributed by atoms with Gasteiger partial charge in [0.05, 0.1) is 0 Å². The topological polar surface area (TPSA) is 52.6 Å². The standard InChI is InChI=1S/C6H4O4S/c7-5-6(8)10-11(9-5)3-1-2-4-11/h1-4H. The maximum absolute atomic E-state index is 10.6. The van der Waals surface area contributed by atoms with E-state index in [0.717, 1.165) is 0 Å². The van der Waals surface area contributed by atoms with E-state index in [1.807, 2.05) is 0 Å². The minimum absolute atomic E-state index is 0.906. The van der Waals surface area contributed by atoms with Crippen LogP contribution in [0, 0.1) is 0 Å². The summed E-state index contributed by atoms with van der Waals surface area (Å²) in [5.41, 5.74) is 0. The average Bonchev–Trinajstić information content (AvgIpc) is 2.46. The number of hydrogen-bond acceptors (Lipinski definition) is 4. The van der Waals surface area contributed by atoms with E-state index >= 15 is 0 Å². The maximum Gasteiger partial charge on any atom is 0.441 e. The van der Waals surface area contributed by atoms with Gasteiger partial charge in [-0.05, 0) is 12.2 Å². The van der Waals surface area contributed by atoms with Crippen LogP contribution in [0.5, 0.6) is 0 Å². The fourth-order valence-electron chi connectivity index (χ4n) is 0.788. The summed E-state index contributed by atoms with van der Waals surface area (Å²) in [6.45, 7) is 0. The predicted molar refractivity (Wildman–Crippen MR) is 38.1 cm³/mol. The van der Waals surface area contributed by atoms with E-state index in [1.54, 1.807) is 23.0 Å². The number of allylic oxidation sites excluding steroid dienone is 2. The highest BCUT2D eigenvalue weighted by Gasteiger charge is 2.39. The van der Waals surface area contributed by atoms with E-state index in [-0.39, 0.29) is 0 Å². The van der Waals surface area contributed by atoms with Crippen LogP contribution in [0.3, 0.4) is 0 Å². The van der Waals surface area contributed by atoms with Crippen LogP contribution in [-0.4, -0.2) is 11.9 Å². The molecule has 1 fully saturated rings. The Kier molecular flexibility index (Phi) is 1.11. The Bertz CT molecular complexity index is 261. The molecular formula is C6H4O4S. The summed E-state index contributed by atoms with van der Waals surface area (Å²) in [5.74, 6) is -1.81. The Morgan fingerprint density at radius 2 is 1.45 bits per heavy atom. The van der Waals surface area contributed by atoms with Crippen LogP contribution in [0.25, 0.3) is 0 Å². The van der Waals surface area contributed by atoms with Crippen molar-refractivity contribution >= 4 is 22.5 Å². The van der Waals surface area contributed by atoms with Gasteiger partial charge in [0.2, 0.25) is 0 Å². The van der Waals surface area contributed by atoms with Crippen LogP contribution in [0.4, 0.5) is 0 Å². The third-order valence-electron chi connectivity index (χ3n) is 1.23. The summed E-state index contributed by atoms with van der Waals surface area (Å²) >= 11 is 0. The van der Waals surface area contributed by atoms with Gasteiger partial charge in [0.1, 0.15) is 0 Å². The molecule has 2 heterocycles. The van der Waals surface area contributed by atoms with Crippen molar-refractivity contribution in [3.8, 4) is 0 Å². The molecule has 0 radical (unpaired) electrons. The molecule has 2 rings (SSSR count). The second kappa shape index (κ2) is 1.88. The summed E-state index contributed by atoms with van der Waals surface area (Å²) < 4.78 is 9.44. The smallest absolute Gasteiger partial charge is 0.326 e. The van der Waals surface area contributed by atoms with E-state index < -0.39 is 22.5 Å². The van der Waals surface area contributed by atoms with Crippen molar-refractivity contribution in [3.05, 3.63) is 23.0 Å². The van der Waals surface area contributed by atoms with E-state index in [1.165, 1.54) is 0 Å². The summed E-state index contributed by atoms with van der Waals surface area (Å²) in [6, 6.07) is 0. The van der Waals surface area contributed by atoms with Crippen LogP contribution in [0.2, 0.25) is 0 Å². The van der Waals surface area contributed by atoms with Crippen LogP contribution >= 0.6 is 10.6 Å². The molecule has 0 aliphatic carbocycles. The number of hydrogen-bond donors (Lipinski definition) is 0. The Morgan fingerprint density at radius 1 is 1.00 bits per heavy atom. The Hall–Kier alpha value is -1.23. The minimum atomic E-state index is -2.08. The fourth-order valence-corrected chi connectivity index (χ4v) is 2.36. The third kappa shape index (κ3) is 0.848. The SMILES string of the molecule is O=C1OS2(C=CC=C2)OC1=O. The molecule has 0 bridgehead atoms. The zero-order valence-electron chi connectivity index (χ0n) is 5.35. The normalized spacial score (nSPS) is 27.3. The highest BCUT2D eigenvalue weighted by molar-refractivity contribution is 8.32. The molecule has 0 aromatic heterocycles. The molecule has 5 heteroatoms. The minimum Gasteiger partial charge on any atom is -0.326 e. The lowest BCUT2D eigenvalue weighted by molar-refractivity contribution is -0.150. The van der Waals surface area contributed by atoms with Gasteiger partial charge in [-0.3, -0.25) is 0 Å². The molecule has 11 heavy (non-hydrogen) atoms. The van der Waals surface area contributed by atoms with E-state index in [2.05, 4.69) is 0 Å². The van der Waals surface area contributed by atoms with Gasteiger partial charge in [-0.1, -0.05) is 10.6 Å². The first-order valence-electron chi connectivity index (χ1n) is 2.87. The van der Waals surface area contributed by atoms with Crippen molar-refractivity contribution in [2.45, 2.75) is 0 Å². The lowest BCUT2D eigenvalue weighted by Gasteiger charge is -2.24. The molecule has 0 saturated carbocycles. The maximum atomic E-state index is 10.6. The molecule has 1 saturated heterocycles. The van der Waals surface area contributed by atoms with Gasteiger partial charge in [-0.25, -0.2) is 9.59 Å². The Balaban J connectivity index is 2.33. The fraction of sp³-hybridized carbons (Fsp3) is 0. The second-order valence-corrected chi connectivity index (χ2v) is 4.04. The molecule has 0 aromatic carbocycles. The van der Waals surface area contributed by atoms with E-state index in [9.17, 15) is 9.59 Å². The molecule has 0 atom stereocenters. The van der Waals surface area contributed by atoms with E-state index in [4.69, 9.17) is 8.37 Å². The molecule has 4 nitrogen and oxygen atoms in total. The first-order valence-corrected chi connectivity index (χ1v) is 4.48. The molecule has 0 unspecified atom stereocenters. The molecule has 58 valence electrons. The van der Waals surface area contributed by atoms with Crippen LogP contribution in [-0.2, 0) is 18.0 Å². The quantitative estimate of drug-likeness (QED) is 0.506. The Morgan fingerprint density at radius 3 is 1.91 bits per heavy atom. The molecule has 0 aromatic rings. The van der Waals surface area contributed by atoms with Gasteiger partial charge in [0, 0.05) is 10.8 Å². The molecule has 2 aliphatic rings. The largest absolute Gasteiger partial charge is 0.441 e.